The van der Waals surface area contributed by atoms with Crippen molar-refractivity contribution in [2.75, 3.05) is 25.0 Å². The quantitative estimate of drug-likeness (QED) is 0.754. The Morgan fingerprint density at radius 1 is 0.917 bits per heavy atom. The number of rotatable bonds is 4. The maximum Gasteiger partial charge on any atom is 0.138 e. The third-order valence-electron chi connectivity index (χ3n) is 4.82. The summed E-state index contributed by atoms with van der Waals surface area (Å²) < 4.78 is 5.82. The highest BCUT2D eigenvalue weighted by atomic mass is 32.2. The lowest BCUT2D eigenvalue weighted by atomic mass is 10.1. The van der Waals surface area contributed by atoms with E-state index in [4.69, 9.17) is 4.18 Å². The van der Waals surface area contributed by atoms with Crippen molar-refractivity contribution >= 4 is 17.7 Å². The summed E-state index contributed by atoms with van der Waals surface area (Å²) in [6.07, 6.45) is 0. The van der Waals surface area contributed by atoms with Crippen LogP contribution >= 0.6 is 12.0 Å². The number of aryl methyl sites for hydroxylation is 1. The summed E-state index contributed by atoms with van der Waals surface area (Å²) in [5.41, 5.74) is 2.54. The fraction of sp³-hybridized carbons (Fsp3) is 0.400. The molecule has 0 spiro atoms. The first-order valence-corrected chi connectivity index (χ1v) is 9.25. The number of piperazine rings is 1. The van der Waals surface area contributed by atoms with Crippen molar-refractivity contribution in [3.63, 3.8) is 0 Å². The highest BCUT2D eigenvalue weighted by Crippen LogP contribution is 2.27. The van der Waals surface area contributed by atoms with Crippen LogP contribution in [0.5, 0.6) is 5.75 Å². The van der Waals surface area contributed by atoms with E-state index in [-0.39, 0.29) is 0 Å². The molecule has 0 bridgehead atoms. The molecule has 1 saturated heterocycles. The van der Waals surface area contributed by atoms with Crippen LogP contribution in [0.15, 0.2) is 53.4 Å². The molecule has 128 valence electrons. The monoisotopic (exact) mass is 342 g/mol. The number of anilines is 1. The second-order valence-electron chi connectivity index (χ2n) is 6.74. The summed E-state index contributed by atoms with van der Waals surface area (Å²) in [6.45, 7) is 8.81. The number of benzene rings is 2. The van der Waals surface area contributed by atoms with Crippen molar-refractivity contribution in [2.45, 2.75) is 37.8 Å². The molecule has 0 N–H and O–H groups in total. The fourth-order valence-electron chi connectivity index (χ4n) is 3.02. The standard InChI is InChI=1S/C20H26N2OS/c1-15-5-11-20(12-6-15)24-23-19-9-7-18(8-10-19)22-13-16(2)21(4)17(3)14-22/h5-12,16-17H,13-14H2,1-4H3. The van der Waals surface area contributed by atoms with Gasteiger partial charge in [-0.2, -0.15) is 0 Å². The molecule has 0 amide bonds. The zero-order chi connectivity index (χ0) is 17.1. The van der Waals surface area contributed by atoms with Gasteiger partial charge in [0.1, 0.15) is 5.75 Å². The lowest BCUT2D eigenvalue weighted by Gasteiger charge is -2.43. The molecule has 3 nitrogen and oxygen atoms in total. The van der Waals surface area contributed by atoms with Gasteiger partial charge in [-0.05, 0) is 64.2 Å². The Morgan fingerprint density at radius 2 is 1.50 bits per heavy atom. The highest BCUT2D eigenvalue weighted by Gasteiger charge is 2.26. The molecule has 2 aromatic rings. The van der Waals surface area contributed by atoms with Gasteiger partial charge in [0.15, 0.2) is 0 Å². The van der Waals surface area contributed by atoms with E-state index in [2.05, 4.69) is 86.1 Å². The summed E-state index contributed by atoms with van der Waals surface area (Å²) in [5.74, 6) is 0.888. The Bertz CT molecular complexity index is 644. The zero-order valence-electron chi connectivity index (χ0n) is 14.9. The summed E-state index contributed by atoms with van der Waals surface area (Å²) in [4.78, 5) is 6.03. The molecule has 4 heteroatoms. The molecule has 0 aromatic heterocycles. The van der Waals surface area contributed by atoms with Crippen LogP contribution in [0, 0.1) is 6.92 Å². The first-order valence-electron chi connectivity index (χ1n) is 8.51. The molecule has 24 heavy (non-hydrogen) atoms. The first kappa shape index (κ1) is 17.2. The Balaban J connectivity index is 1.60. The molecule has 1 aliphatic rings. The van der Waals surface area contributed by atoms with Gasteiger partial charge >= 0.3 is 0 Å². The minimum atomic E-state index is 0.571. The van der Waals surface area contributed by atoms with Gasteiger partial charge in [-0.15, -0.1) is 0 Å². The maximum atomic E-state index is 5.82. The van der Waals surface area contributed by atoms with Gasteiger partial charge in [-0.1, -0.05) is 17.7 Å². The Kier molecular flexibility index (Phi) is 5.36. The fourth-order valence-corrected chi connectivity index (χ4v) is 3.57. The molecule has 0 saturated carbocycles. The Hall–Kier alpha value is -1.65. The normalized spacial score (nSPS) is 21.8. The van der Waals surface area contributed by atoms with Gasteiger partial charge in [0, 0.05) is 35.8 Å². The summed E-state index contributed by atoms with van der Waals surface area (Å²) in [5, 5.41) is 0. The smallest absolute Gasteiger partial charge is 0.138 e. The Morgan fingerprint density at radius 3 is 2.08 bits per heavy atom. The number of hydrogen-bond acceptors (Lipinski definition) is 4. The molecule has 1 heterocycles. The minimum Gasteiger partial charge on any atom is -0.421 e. The van der Waals surface area contributed by atoms with Gasteiger partial charge in [-0.25, -0.2) is 0 Å². The first-order chi connectivity index (χ1) is 11.5. The van der Waals surface area contributed by atoms with Gasteiger partial charge in [-0.3, -0.25) is 4.90 Å². The predicted octanol–water partition coefficient (Wildman–Crippen LogP) is 4.61. The summed E-state index contributed by atoms with van der Waals surface area (Å²) in [7, 11) is 2.21. The lowest BCUT2D eigenvalue weighted by molar-refractivity contribution is 0.170. The van der Waals surface area contributed by atoms with Gasteiger partial charge in [0.05, 0.1) is 12.0 Å². The van der Waals surface area contributed by atoms with E-state index in [1.165, 1.54) is 23.3 Å². The molecule has 0 radical (unpaired) electrons. The molecular weight excluding hydrogens is 316 g/mol. The van der Waals surface area contributed by atoms with Crippen LogP contribution in [0.3, 0.4) is 0 Å². The van der Waals surface area contributed by atoms with Crippen molar-refractivity contribution in [1.29, 1.82) is 0 Å². The molecular formula is C20H26N2OS. The molecule has 2 atom stereocenters. The largest absolute Gasteiger partial charge is 0.421 e. The second-order valence-corrected chi connectivity index (χ2v) is 7.55. The summed E-state index contributed by atoms with van der Waals surface area (Å²) in [6, 6.07) is 18.0. The average Bonchev–Trinajstić information content (AvgIpc) is 2.59. The van der Waals surface area contributed by atoms with E-state index in [0.29, 0.717) is 12.1 Å². The van der Waals surface area contributed by atoms with E-state index in [0.717, 1.165) is 23.7 Å². The number of nitrogens with zero attached hydrogens (tertiary/aromatic N) is 2. The maximum absolute atomic E-state index is 5.82. The molecule has 2 unspecified atom stereocenters. The van der Waals surface area contributed by atoms with Gasteiger partial charge < -0.3 is 9.08 Å². The molecule has 3 rings (SSSR count). The number of likely N-dealkylation sites (N-methyl/N-ethyl adjacent to an activating group) is 1. The van der Waals surface area contributed by atoms with Crippen LogP contribution in [0.1, 0.15) is 19.4 Å². The number of hydrogen-bond donors (Lipinski definition) is 0. The van der Waals surface area contributed by atoms with E-state index in [1.807, 2.05) is 0 Å². The summed E-state index contributed by atoms with van der Waals surface area (Å²) >= 11 is 1.40. The van der Waals surface area contributed by atoms with Crippen molar-refractivity contribution < 1.29 is 4.18 Å². The van der Waals surface area contributed by atoms with Crippen LogP contribution < -0.4 is 9.08 Å². The van der Waals surface area contributed by atoms with Gasteiger partial charge in [0.25, 0.3) is 0 Å². The van der Waals surface area contributed by atoms with Crippen molar-refractivity contribution in [3.05, 3.63) is 54.1 Å². The van der Waals surface area contributed by atoms with E-state index in [9.17, 15) is 0 Å². The third kappa shape index (κ3) is 4.05. The van der Waals surface area contributed by atoms with Crippen LogP contribution in [0.4, 0.5) is 5.69 Å². The predicted molar refractivity (Wildman–Crippen MR) is 103 cm³/mol. The molecule has 0 aliphatic carbocycles. The average molecular weight is 343 g/mol. The zero-order valence-corrected chi connectivity index (χ0v) is 15.7. The van der Waals surface area contributed by atoms with E-state index in [1.54, 1.807) is 0 Å². The second kappa shape index (κ2) is 7.49. The molecule has 1 aliphatic heterocycles. The third-order valence-corrected chi connectivity index (χ3v) is 5.56. The SMILES string of the molecule is Cc1ccc(SOc2ccc(N3CC(C)N(C)C(C)C3)cc2)cc1. The lowest BCUT2D eigenvalue weighted by Crippen LogP contribution is -2.55. The van der Waals surface area contributed by atoms with Crippen LogP contribution in [0.25, 0.3) is 0 Å². The van der Waals surface area contributed by atoms with Crippen molar-refractivity contribution in [2.24, 2.45) is 0 Å². The van der Waals surface area contributed by atoms with Crippen molar-refractivity contribution in [1.82, 2.24) is 4.90 Å². The highest BCUT2D eigenvalue weighted by molar-refractivity contribution is 7.95. The van der Waals surface area contributed by atoms with Crippen LogP contribution in [-0.2, 0) is 0 Å². The molecule has 2 aromatic carbocycles. The van der Waals surface area contributed by atoms with E-state index >= 15 is 0 Å². The van der Waals surface area contributed by atoms with Crippen LogP contribution in [-0.4, -0.2) is 37.1 Å². The van der Waals surface area contributed by atoms with E-state index < -0.39 is 0 Å². The molecule has 1 fully saturated rings. The Labute approximate surface area is 149 Å². The minimum absolute atomic E-state index is 0.571. The van der Waals surface area contributed by atoms with Gasteiger partial charge in [0.2, 0.25) is 0 Å². The van der Waals surface area contributed by atoms with Crippen molar-refractivity contribution in [3.8, 4) is 5.75 Å². The topological polar surface area (TPSA) is 15.7 Å². The van der Waals surface area contributed by atoms with Crippen LogP contribution in [0.2, 0.25) is 0 Å².